The summed E-state index contributed by atoms with van der Waals surface area (Å²) in [5.41, 5.74) is 10.7. The van der Waals surface area contributed by atoms with Crippen LogP contribution in [0, 0.1) is 12.1 Å². The molecule has 0 spiro atoms. The van der Waals surface area contributed by atoms with Gasteiger partial charge in [-0.3, -0.25) is 0 Å². The predicted octanol–water partition coefficient (Wildman–Crippen LogP) is 12.1. The van der Waals surface area contributed by atoms with Crippen LogP contribution < -0.4 is 14.5 Å². The van der Waals surface area contributed by atoms with Gasteiger partial charge in [0.1, 0.15) is 5.82 Å². The fourth-order valence-corrected chi connectivity index (χ4v) is 7.64. The molecule has 1 aliphatic heterocycles. The number of hydrogen-bond acceptors (Lipinski definition) is 4. The van der Waals surface area contributed by atoms with Crippen LogP contribution in [0.5, 0.6) is 11.5 Å². The normalized spacial score (nSPS) is 13.2. The van der Waals surface area contributed by atoms with Crippen LogP contribution >= 0.6 is 0 Å². The van der Waals surface area contributed by atoms with Crippen molar-refractivity contribution in [1.29, 1.82) is 0 Å². The number of anilines is 3. The Kier molecular flexibility index (Phi) is 8.13. The number of ether oxygens (including phenoxy) is 1. The first kappa shape index (κ1) is 31.0. The third-order valence-electron chi connectivity index (χ3n) is 10.1. The van der Waals surface area contributed by atoms with E-state index in [0.717, 1.165) is 66.7 Å². The molecule has 0 amide bonds. The number of fused-ring (bicyclic) bond motifs is 4. The van der Waals surface area contributed by atoms with Gasteiger partial charge < -0.3 is 19.1 Å². The van der Waals surface area contributed by atoms with Crippen LogP contribution in [0.4, 0.5) is 17.1 Å². The van der Waals surface area contributed by atoms with Gasteiger partial charge in [-0.15, -0.1) is 35.7 Å². The molecule has 0 aliphatic carbocycles. The van der Waals surface area contributed by atoms with Crippen molar-refractivity contribution in [2.45, 2.75) is 0 Å². The quantitative estimate of drug-likeness (QED) is 0.149. The largest absolute Gasteiger partial charge is 2.00 e. The second kappa shape index (κ2) is 14.4. The molecule has 0 saturated carbocycles. The molecule has 2 aromatic heterocycles. The van der Waals surface area contributed by atoms with Crippen LogP contribution in [-0.2, 0) is 21.1 Å². The summed E-state index contributed by atoms with van der Waals surface area (Å²) in [5, 5.41) is 2.10. The van der Waals surface area contributed by atoms with Gasteiger partial charge in [0.25, 0.3) is 0 Å². The Balaban J connectivity index is 0.00000436. The fraction of sp³-hybridized carbons (Fsp3) is 0.0408. The van der Waals surface area contributed by atoms with Gasteiger partial charge in [-0.1, -0.05) is 120 Å². The molecule has 1 aliphatic rings. The number of nitrogens with zero attached hydrogens (tertiary/aromatic N) is 4. The van der Waals surface area contributed by atoms with Crippen molar-refractivity contribution >= 4 is 38.9 Å². The molecular formula is C49H34N4OPt. The zero-order valence-electron chi connectivity index (χ0n) is 32.5. The Labute approximate surface area is 339 Å². The molecule has 0 unspecified atom stereocenters. The van der Waals surface area contributed by atoms with Crippen LogP contribution in [0.25, 0.3) is 61.0 Å². The summed E-state index contributed by atoms with van der Waals surface area (Å²) in [6, 6.07) is 64.2. The number of hydrogen-bond donors (Lipinski definition) is 0. The second-order valence-electron chi connectivity index (χ2n) is 13.3. The molecule has 0 saturated heterocycles. The van der Waals surface area contributed by atoms with Crippen molar-refractivity contribution in [3.63, 3.8) is 0 Å². The minimum absolute atomic E-state index is 0. The standard InChI is InChI=1S/C49H34N4O.Pt/c1-51-33-52(46-25-11-10-24-45(46)51)37-18-12-19-38(31-37)54-39-26-27-43-42-20-8-9-23-44(42)53(47(43)32-39)48-30-36(28-29-50-48)49-40(34-14-4-2-5-15-34)21-13-22-41(49)35-16-6-3-7-17-35;/h2-30H,33H2,1H3;/q-2;+2/i1D3;. The van der Waals surface area contributed by atoms with E-state index in [0.29, 0.717) is 22.9 Å². The molecule has 7 aromatic carbocycles. The van der Waals surface area contributed by atoms with E-state index < -0.39 is 6.98 Å². The van der Waals surface area contributed by atoms with Gasteiger partial charge in [-0.2, -0.15) is 12.1 Å². The molecular weight excluding hydrogens is 856 g/mol. The van der Waals surface area contributed by atoms with Gasteiger partial charge >= 0.3 is 21.1 Å². The van der Waals surface area contributed by atoms with Crippen molar-refractivity contribution in [2.24, 2.45) is 0 Å². The maximum atomic E-state index is 8.12. The molecule has 55 heavy (non-hydrogen) atoms. The molecule has 266 valence electrons. The summed E-state index contributed by atoms with van der Waals surface area (Å²) in [4.78, 5) is 8.34. The number of pyridine rings is 1. The Bertz CT molecular complexity index is 2870. The van der Waals surface area contributed by atoms with Gasteiger partial charge in [-0.05, 0) is 69.1 Å². The molecule has 0 fully saturated rings. The first-order valence-corrected chi connectivity index (χ1v) is 17.9. The summed E-state index contributed by atoms with van der Waals surface area (Å²) in [6.07, 6.45) is 1.88. The number of benzene rings is 7. The van der Waals surface area contributed by atoms with Crippen LogP contribution in [0.2, 0.25) is 0 Å². The molecule has 6 heteroatoms. The summed E-state index contributed by atoms with van der Waals surface area (Å²) in [5.74, 6) is 1.76. The molecule has 9 aromatic rings. The summed E-state index contributed by atoms with van der Waals surface area (Å²) >= 11 is 0. The summed E-state index contributed by atoms with van der Waals surface area (Å²) < 4.78 is 33.0. The zero-order valence-corrected chi connectivity index (χ0v) is 31.7. The van der Waals surface area contributed by atoms with E-state index >= 15 is 0 Å². The Morgan fingerprint density at radius 1 is 0.600 bits per heavy atom. The Morgan fingerprint density at radius 2 is 1.27 bits per heavy atom. The van der Waals surface area contributed by atoms with Gasteiger partial charge in [0.05, 0.1) is 18.0 Å². The van der Waals surface area contributed by atoms with Crippen molar-refractivity contribution in [3.05, 3.63) is 188 Å². The Hall–Kier alpha value is -6.42. The van der Waals surface area contributed by atoms with Crippen molar-refractivity contribution in [2.75, 3.05) is 23.4 Å². The Morgan fingerprint density at radius 3 is 2.04 bits per heavy atom. The van der Waals surface area contributed by atoms with Crippen molar-refractivity contribution in [1.82, 2.24) is 9.55 Å². The van der Waals surface area contributed by atoms with Gasteiger partial charge in [0, 0.05) is 34.3 Å². The van der Waals surface area contributed by atoms with Crippen LogP contribution in [0.3, 0.4) is 0 Å². The summed E-state index contributed by atoms with van der Waals surface area (Å²) in [7, 11) is 0. The summed E-state index contributed by atoms with van der Waals surface area (Å²) in [6.45, 7) is -2.12. The van der Waals surface area contributed by atoms with E-state index in [1.54, 1.807) is 0 Å². The zero-order chi connectivity index (χ0) is 38.5. The topological polar surface area (TPSA) is 33.5 Å². The van der Waals surface area contributed by atoms with Crippen molar-refractivity contribution < 1.29 is 29.9 Å². The number of rotatable bonds is 7. The van der Waals surface area contributed by atoms with E-state index in [4.69, 9.17) is 13.8 Å². The van der Waals surface area contributed by atoms with Crippen LogP contribution in [-0.4, -0.2) is 23.2 Å². The SMILES string of the molecule is [2H]C([2H])([2H])N1CN(c2[c-]c(Oc3[c-]c4c(cc3)c3ccccc3n4-c3cc(-c4c(-c5ccccc5)cccc4-c4ccccc4)ccn3)ccc2)c2ccccc21.[Pt+2]. The van der Waals surface area contributed by atoms with E-state index in [9.17, 15) is 0 Å². The first-order valence-electron chi connectivity index (χ1n) is 19.4. The van der Waals surface area contributed by atoms with Crippen LogP contribution in [0.1, 0.15) is 4.11 Å². The minimum atomic E-state index is -2.29. The molecule has 0 atom stereocenters. The number of aromatic nitrogens is 2. The van der Waals surface area contributed by atoms with E-state index in [-0.39, 0.29) is 27.7 Å². The molecule has 5 nitrogen and oxygen atoms in total. The molecule has 0 N–H and O–H groups in total. The predicted molar refractivity (Wildman–Crippen MR) is 221 cm³/mol. The van der Waals surface area contributed by atoms with Gasteiger partial charge in [0.2, 0.25) is 0 Å². The molecule has 3 heterocycles. The molecule has 10 rings (SSSR count). The fourth-order valence-electron chi connectivity index (χ4n) is 7.64. The van der Waals surface area contributed by atoms with E-state index in [1.165, 1.54) is 4.90 Å². The third kappa shape index (κ3) is 6.17. The molecule has 0 radical (unpaired) electrons. The smallest absolute Gasteiger partial charge is 0.509 e. The monoisotopic (exact) mass is 892 g/mol. The van der Waals surface area contributed by atoms with E-state index in [1.807, 2.05) is 83.9 Å². The minimum Gasteiger partial charge on any atom is -0.509 e. The number of para-hydroxylation sites is 3. The molecule has 0 bridgehead atoms. The van der Waals surface area contributed by atoms with Crippen LogP contribution in [0.15, 0.2) is 176 Å². The van der Waals surface area contributed by atoms with Gasteiger partial charge in [0.15, 0.2) is 0 Å². The van der Waals surface area contributed by atoms with Gasteiger partial charge in [-0.25, -0.2) is 4.98 Å². The maximum absolute atomic E-state index is 8.12. The first-order chi connectivity index (χ1) is 27.9. The average molecular weight is 893 g/mol. The van der Waals surface area contributed by atoms with E-state index in [2.05, 4.69) is 114 Å². The van der Waals surface area contributed by atoms with Crippen molar-refractivity contribution in [3.8, 4) is 50.7 Å². The maximum Gasteiger partial charge on any atom is 2.00 e. The average Bonchev–Trinajstić information content (AvgIpc) is 3.81. The second-order valence-corrected chi connectivity index (χ2v) is 13.3. The third-order valence-corrected chi connectivity index (χ3v) is 10.1.